The van der Waals surface area contributed by atoms with Crippen LogP contribution in [-0.2, 0) is 6.54 Å². The van der Waals surface area contributed by atoms with Crippen LogP contribution in [0.3, 0.4) is 0 Å². The number of benzene rings is 1. The summed E-state index contributed by atoms with van der Waals surface area (Å²) < 4.78 is 1.36. The number of aromatic nitrogens is 2. The Morgan fingerprint density at radius 2 is 1.88 bits per heavy atom. The first kappa shape index (κ1) is 10.7. The van der Waals surface area contributed by atoms with Gasteiger partial charge in [0.25, 0.3) is 5.56 Å². The molecule has 2 aromatic rings. The molecule has 0 fully saturated rings. The molecule has 0 spiro atoms. The first-order valence-corrected chi connectivity index (χ1v) is 5.08. The van der Waals surface area contributed by atoms with E-state index in [2.05, 4.69) is 4.98 Å². The second-order valence-corrected chi connectivity index (χ2v) is 3.76. The number of H-pyrrole nitrogens is 1. The molecule has 0 saturated carbocycles. The summed E-state index contributed by atoms with van der Waals surface area (Å²) in [5.74, 6) is 0. The second-order valence-electron chi connectivity index (χ2n) is 3.35. The van der Waals surface area contributed by atoms with Crippen LogP contribution in [0.4, 0.5) is 0 Å². The zero-order valence-corrected chi connectivity index (χ0v) is 9.07. The molecular weight excluding hydrogens is 228 g/mol. The molecule has 0 radical (unpaired) electrons. The molecule has 0 aliphatic heterocycles. The highest BCUT2D eigenvalue weighted by Gasteiger charge is 2.02. The fourth-order valence-corrected chi connectivity index (χ4v) is 1.55. The van der Waals surface area contributed by atoms with Crippen molar-refractivity contribution in [3.8, 4) is 0 Å². The largest absolute Gasteiger partial charge is 0.328 e. The minimum Gasteiger partial charge on any atom is -0.295 e. The highest BCUT2D eigenvalue weighted by molar-refractivity contribution is 6.30. The second kappa shape index (κ2) is 4.37. The lowest BCUT2D eigenvalue weighted by Gasteiger charge is -2.04. The van der Waals surface area contributed by atoms with Crippen LogP contribution in [0.15, 0.2) is 46.1 Å². The Morgan fingerprint density at radius 3 is 2.56 bits per heavy atom. The molecular formula is C11H9ClN2O2. The van der Waals surface area contributed by atoms with Crippen LogP contribution in [0, 0.1) is 0 Å². The van der Waals surface area contributed by atoms with Crippen LogP contribution in [-0.4, -0.2) is 9.55 Å². The van der Waals surface area contributed by atoms with Crippen molar-refractivity contribution in [2.45, 2.75) is 6.54 Å². The Balaban J connectivity index is 2.40. The third kappa shape index (κ3) is 2.23. The highest BCUT2D eigenvalue weighted by atomic mass is 35.5. The average molecular weight is 237 g/mol. The summed E-state index contributed by atoms with van der Waals surface area (Å²) in [7, 11) is 0. The van der Waals surface area contributed by atoms with E-state index < -0.39 is 11.2 Å². The van der Waals surface area contributed by atoms with E-state index >= 15 is 0 Å². The Hall–Kier alpha value is -1.81. The van der Waals surface area contributed by atoms with Crippen LogP contribution in [0.1, 0.15) is 5.56 Å². The molecule has 16 heavy (non-hydrogen) atoms. The molecule has 1 N–H and O–H groups in total. The third-order valence-corrected chi connectivity index (χ3v) is 2.43. The SMILES string of the molecule is O=c1[nH]c(=O)n(Cc2ccccc2)cc1Cl. The highest BCUT2D eigenvalue weighted by Crippen LogP contribution is 2.02. The lowest BCUT2D eigenvalue weighted by Crippen LogP contribution is -2.29. The lowest BCUT2D eigenvalue weighted by molar-refractivity contribution is 0.721. The van der Waals surface area contributed by atoms with Crippen LogP contribution >= 0.6 is 11.6 Å². The maximum Gasteiger partial charge on any atom is 0.328 e. The van der Waals surface area contributed by atoms with Gasteiger partial charge >= 0.3 is 5.69 Å². The maximum absolute atomic E-state index is 11.4. The van der Waals surface area contributed by atoms with Gasteiger partial charge in [0.2, 0.25) is 0 Å². The molecule has 0 amide bonds. The summed E-state index contributed by atoms with van der Waals surface area (Å²) in [4.78, 5) is 24.6. The number of rotatable bonds is 2. The minimum atomic E-state index is -0.559. The van der Waals surface area contributed by atoms with Gasteiger partial charge in [-0.05, 0) is 5.56 Å². The van der Waals surface area contributed by atoms with Crippen molar-refractivity contribution in [2.24, 2.45) is 0 Å². The van der Waals surface area contributed by atoms with Gasteiger partial charge in [0, 0.05) is 6.20 Å². The number of nitrogens with one attached hydrogen (secondary N) is 1. The van der Waals surface area contributed by atoms with Gasteiger partial charge in [-0.3, -0.25) is 14.3 Å². The van der Waals surface area contributed by atoms with Gasteiger partial charge in [-0.15, -0.1) is 0 Å². The monoisotopic (exact) mass is 236 g/mol. The van der Waals surface area contributed by atoms with Crippen molar-refractivity contribution >= 4 is 11.6 Å². The maximum atomic E-state index is 11.4. The lowest BCUT2D eigenvalue weighted by atomic mass is 10.2. The quantitative estimate of drug-likeness (QED) is 0.853. The van der Waals surface area contributed by atoms with Crippen LogP contribution in [0.2, 0.25) is 5.02 Å². The van der Waals surface area contributed by atoms with Gasteiger partial charge in [-0.1, -0.05) is 41.9 Å². The first-order chi connectivity index (χ1) is 7.66. The molecule has 0 saturated heterocycles. The number of halogens is 1. The molecule has 1 aromatic carbocycles. The molecule has 0 unspecified atom stereocenters. The van der Waals surface area contributed by atoms with E-state index in [1.54, 1.807) is 0 Å². The van der Waals surface area contributed by atoms with Crippen molar-refractivity contribution in [1.29, 1.82) is 0 Å². The summed E-state index contributed by atoms with van der Waals surface area (Å²) >= 11 is 5.65. The van der Waals surface area contributed by atoms with E-state index in [0.29, 0.717) is 6.54 Å². The van der Waals surface area contributed by atoms with Crippen LogP contribution in [0.5, 0.6) is 0 Å². The molecule has 4 nitrogen and oxygen atoms in total. The summed E-state index contributed by atoms with van der Waals surface area (Å²) in [5.41, 5.74) is -0.0538. The van der Waals surface area contributed by atoms with Gasteiger partial charge in [-0.2, -0.15) is 0 Å². The van der Waals surface area contributed by atoms with E-state index in [1.807, 2.05) is 30.3 Å². The van der Waals surface area contributed by atoms with E-state index in [9.17, 15) is 9.59 Å². The van der Waals surface area contributed by atoms with Gasteiger partial charge in [0.15, 0.2) is 0 Å². The van der Waals surface area contributed by atoms with Crippen LogP contribution < -0.4 is 11.2 Å². The van der Waals surface area contributed by atoms with Gasteiger partial charge < -0.3 is 0 Å². The normalized spacial score (nSPS) is 10.3. The predicted molar refractivity (Wildman–Crippen MR) is 61.9 cm³/mol. The fraction of sp³-hybridized carbons (Fsp3) is 0.0909. The summed E-state index contributed by atoms with van der Waals surface area (Å²) in [6.07, 6.45) is 1.34. The van der Waals surface area contributed by atoms with Crippen molar-refractivity contribution in [3.63, 3.8) is 0 Å². The summed E-state index contributed by atoms with van der Waals surface area (Å²) in [6.45, 7) is 0.385. The summed E-state index contributed by atoms with van der Waals surface area (Å²) in [5, 5.41) is 0.00975. The molecule has 0 bridgehead atoms. The molecule has 2 rings (SSSR count). The van der Waals surface area contributed by atoms with Gasteiger partial charge in [0.1, 0.15) is 5.02 Å². The zero-order chi connectivity index (χ0) is 11.5. The zero-order valence-electron chi connectivity index (χ0n) is 8.31. The van der Waals surface area contributed by atoms with E-state index in [0.717, 1.165) is 5.56 Å². The standard InChI is InChI=1S/C11H9ClN2O2/c12-9-7-14(11(16)13-10(9)15)6-8-4-2-1-3-5-8/h1-5,7H,6H2,(H,13,15,16). The van der Waals surface area contributed by atoms with Crippen molar-refractivity contribution in [1.82, 2.24) is 9.55 Å². The number of hydrogen-bond acceptors (Lipinski definition) is 2. The fourth-order valence-electron chi connectivity index (χ4n) is 1.38. The number of aromatic amines is 1. The Morgan fingerprint density at radius 1 is 1.19 bits per heavy atom. The molecule has 0 atom stereocenters. The Labute approximate surface area is 96.1 Å². The van der Waals surface area contributed by atoms with E-state index in [4.69, 9.17) is 11.6 Å². The molecule has 0 aliphatic rings. The topological polar surface area (TPSA) is 54.9 Å². The van der Waals surface area contributed by atoms with E-state index in [-0.39, 0.29) is 5.02 Å². The minimum absolute atomic E-state index is 0.00975. The Kier molecular flexibility index (Phi) is 2.92. The third-order valence-electron chi connectivity index (χ3n) is 2.16. The number of nitrogens with zero attached hydrogens (tertiary/aromatic N) is 1. The van der Waals surface area contributed by atoms with Gasteiger partial charge in [0.05, 0.1) is 6.54 Å². The number of hydrogen-bond donors (Lipinski definition) is 1. The molecule has 0 aliphatic carbocycles. The van der Waals surface area contributed by atoms with Crippen molar-refractivity contribution < 1.29 is 0 Å². The summed E-state index contributed by atoms with van der Waals surface area (Å²) in [6, 6.07) is 9.45. The smallest absolute Gasteiger partial charge is 0.295 e. The first-order valence-electron chi connectivity index (χ1n) is 4.70. The van der Waals surface area contributed by atoms with Gasteiger partial charge in [-0.25, -0.2) is 4.79 Å². The molecule has 5 heteroatoms. The molecule has 82 valence electrons. The van der Waals surface area contributed by atoms with Crippen LogP contribution in [0.25, 0.3) is 0 Å². The molecule has 1 heterocycles. The van der Waals surface area contributed by atoms with E-state index in [1.165, 1.54) is 10.8 Å². The van der Waals surface area contributed by atoms with Crippen molar-refractivity contribution in [3.05, 3.63) is 68.0 Å². The predicted octanol–water partition coefficient (Wildman–Crippen LogP) is 1.24. The Bertz CT molecular complexity index is 601. The van der Waals surface area contributed by atoms with Crippen molar-refractivity contribution in [2.75, 3.05) is 0 Å². The average Bonchev–Trinajstić information content (AvgIpc) is 2.27. The molecule has 1 aromatic heterocycles.